The summed E-state index contributed by atoms with van der Waals surface area (Å²) in [5.74, 6) is 3.30. The number of furan rings is 1. The first kappa shape index (κ1) is 19.4. The molecule has 3 heterocycles. The average Bonchev–Trinajstić information content (AvgIpc) is 3.44. The molecule has 1 amide bonds. The third-order valence-electron chi connectivity index (χ3n) is 4.80. The van der Waals surface area contributed by atoms with E-state index in [1.165, 1.54) is 11.8 Å². The molecule has 0 spiro atoms. The zero-order valence-electron chi connectivity index (χ0n) is 16.5. The van der Waals surface area contributed by atoms with Gasteiger partial charge in [0.05, 0.1) is 17.6 Å². The van der Waals surface area contributed by atoms with Gasteiger partial charge in [-0.2, -0.15) is 0 Å². The Morgan fingerprint density at radius 2 is 2.07 bits per heavy atom. The Hall–Kier alpha value is -2.94. The van der Waals surface area contributed by atoms with Crippen molar-refractivity contribution in [1.29, 1.82) is 0 Å². The maximum Gasteiger partial charge on any atom is 0.233 e. The smallest absolute Gasteiger partial charge is 0.233 e. The van der Waals surface area contributed by atoms with Crippen LogP contribution in [0.5, 0.6) is 11.5 Å². The number of rotatable bonds is 7. The highest BCUT2D eigenvalue weighted by Gasteiger charge is 2.19. The van der Waals surface area contributed by atoms with Crippen LogP contribution in [0, 0.1) is 6.92 Å². The molecule has 0 N–H and O–H groups in total. The molecule has 0 aliphatic carbocycles. The first-order valence-electron chi connectivity index (χ1n) is 9.29. The van der Waals surface area contributed by atoms with Crippen LogP contribution in [0.1, 0.15) is 18.2 Å². The average molecular weight is 414 g/mol. The fourth-order valence-electron chi connectivity index (χ4n) is 3.15. The van der Waals surface area contributed by atoms with Gasteiger partial charge in [-0.05, 0) is 37.6 Å². The molecule has 2 aromatic heterocycles. The Morgan fingerprint density at radius 3 is 2.83 bits per heavy atom. The van der Waals surface area contributed by atoms with Crippen LogP contribution in [0.2, 0.25) is 0 Å². The highest BCUT2D eigenvalue weighted by Crippen LogP contribution is 2.33. The summed E-state index contributed by atoms with van der Waals surface area (Å²) in [5, 5.41) is 9.16. The topological polar surface area (TPSA) is 82.6 Å². The number of hydrogen-bond acceptors (Lipinski definition) is 7. The minimum absolute atomic E-state index is 0.0409. The molecule has 0 unspecified atom stereocenters. The Kier molecular flexibility index (Phi) is 5.48. The van der Waals surface area contributed by atoms with Crippen LogP contribution in [0.3, 0.4) is 0 Å². The second-order valence-electron chi connectivity index (χ2n) is 6.64. The van der Waals surface area contributed by atoms with E-state index in [0.29, 0.717) is 18.2 Å². The number of hydrogen-bond donors (Lipinski definition) is 0. The second kappa shape index (κ2) is 8.20. The largest absolute Gasteiger partial charge is 0.469 e. The lowest BCUT2D eigenvalue weighted by Gasteiger charge is -2.21. The normalized spacial score (nSPS) is 12.4. The third kappa shape index (κ3) is 3.95. The zero-order valence-corrected chi connectivity index (χ0v) is 17.4. The maximum absolute atomic E-state index is 12.8. The van der Waals surface area contributed by atoms with E-state index in [0.717, 1.165) is 34.2 Å². The highest BCUT2D eigenvalue weighted by atomic mass is 32.2. The molecule has 3 aromatic rings. The molecular weight excluding hydrogens is 392 g/mol. The molecule has 0 saturated carbocycles. The number of benzene rings is 1. The van der Waals surface area contributed by atoms with E-state index in [-0.39, 0.29) is 18.5 Å². The summed E-state index contributed by atoms with van der Waals surface area (Å²) in [5.41, 5.74) is 1.90. The summed E-state index contributed by atoms with van der Waals surface area (Å²) in [6, 6.07) is 7.62. The van der Waals surface area contributed by atoms with E-state index in [4.69, 9.17) is 13.9 Å². The van der Waals surface area contributed by atoms with Crippen LogP contribution in [-0.4, -0.2) is 44.7 Å². The maximum atomic E-state index is 12.8. The first-order chi connectivity index (χ1) is 14.1. The van der Waals surface area contributed by atoms with E-state index in [1.807, 2.05) is 54.6 Å². The van der Waals surface area contributed by atoms with Crippen molar-refractivity contribution in [3.8, 4) is 22.9 Å². The molecule has 4 rings (SSSR count). The molecule has 1 aliphatic rings. The molecule has 9 heteroatoms. The molecule has 0 atom stereocenters. The van der Waals surface area contributed by atoms with Gasteiger partial charge in [0.25, 0.3) is 0 Å². The van der Waals surface area contributed by atoms with Gasteiger partial charge in [-0.25, -0.2) is 0 Å². The molecular formula is C20H22N4O4S. The summed E-state index contributed by atoms with van der Waals surface area (Å²) >= 11 is 1.38. The van der Waals surface area contributed by atoms with Gasteiger partial charge in [0, 0.05) is 20.1 Å². The lowest BCUT2D eigenvalue weighted by molar-refractivity contribution is -0.128. The Bertz CT molecular complexity index is 1030. The van der Waals surface area contributed by atoms with Gasteiger partial charge in [0.15, 0.2) is 22.5 Å². The van der Waals surface area contributed by atoms with Crippen molar-refractivity contribution in [3.63, 3.8) is 0 Å². The Balaban J connectivity index is 1.39. The number of carbonyl (C=O) groups is 1. The molecule has 152 valence electrons. The van der Waals surface area contributed by atoms with Gasteiger partial charge >= 0.3 is 0 Å². The number of nitrogens with zero attached hydrogens (tertiary/aromatic N) is 4. The van der Waals surface area contributed by atoms with Crippen molar-refractivity contribution < 1.29 is 18.7 Å². The second-order valence-corrected chi connectivity index (χ2v) is 7.58. The molecule has 0 radical (unpaired) electrons. The number of aromatic nitrogens is 3. The molecule has 1 aromatic carbocycles. The van der Waals surface area contributed by atoms with Gasteiger partial charge in [-0.3, -0.25) is 4.79 Å². The van der Waals surface area contributed by atoms with Crippen molar-refractivity contribution in [3.05, 3.63) is 41.9 Å². The lowest BCUT2D eigenvalue weighted by Crippen LogP contribution is -2.31. The SMILES string of the molecule is CCN(Cc1ccc2c(c1)OCO2)C(=O)CSc1nnc(-c2ccoc2C)n1C. The fraction of sp³-hybridized carbons (Fsp3) is 0.350. The van der Waals surface area contributed by atoms with E-state index >= 15 is 0 Å². The standard InChI is InChI=1S/C20H22N4O4S/c1-4-24(10-14-5-6-16-17(9-14)28-12-27-16)18(25)11-29-20-22-21-19(23(20)3)15-7-8-26-13(15)2/h5-9H,4,10-12H2,1-3H3. The van der Waals surface area contributed by atoms with Crippen LogP contribution < -0.4 is 9.47 Å². The van der Waals surface area contributed by atoms with Crippen molar-refractivity contribution in [2.24, 2.45) is 7.05 Å². The Labute approximate surface area is 172 Å². The first-order valence-corrected chi connectivity index (χ1v) is 10.3. The minimum Gasteiger partial charge on any atom is -0.469 e. The number of ether oxygens (including phenoxy) is 2. The van der Waals surface area contributed by atoms with Crippen LogP contribution >= 0.6 is 11.8 Å². The van der Waals surface area contributed by atoms with Crippen LogP contribution in [0.25, 0.3) is 11.4 Å². The quantitative estimate of drug-likeness (QED) is 0.549. The van der Waals surface area contributed by atoms with Crippen molar-refractivity contribution >= 4 is 17.7 Å². The zero-order chi connectivity index (χ0) is 20.4. The van der Waals surface area contributed by atoms with E-state index < -0.39 is 0 Å². The van der Waals surface area contributed by atoms with Crippen molar-refractivity contribution in [2.75, 3.05) is 19.1 Å². The predicted octanol–water partition coefficient (Wildman–Crippen LogP) is 3.25. The van der Waals surface area contributed by atoms with Crippen LogP contribution in [-0.2, 0) is 18.4 Å². The molecule has 0 bridgehead atoms. The summed E-state index contributed by atoms with van der Waals surface area (Å²) < 4.78 is 18.0. The molecule has 1 aliphatic heterocycles. The van der Waals surface area contributed by atoms with Crippen LogP contribution in [0.4, 0.5) is 0 Å². The predicted molar refractivity (Wildman–Crippen MR) is 108 cm³/mol. The number of aryl methyl sites for hydroxylation is 1. The number of carbonyl (C=O) groups excluding carboxylic acids is 1. The van der Waals surface area contributed by atoms with E-state index in [1.54, 1.807) is 6.26 Å². The summed E-state index contributed by atoms with van der Waals surface area (Å²) in [4.78, 5) is 14.6. The number of thioether (sulfide) groups is 1. The van der Waals surface area contributed by atoms with Gasteiger partial charge in [-0.1, -0.05) is 17.8 Å². The van der Waals surface area contributed by atoms with Crippen molar-refractivity contribution in [2.45, 2.75) is 25.5 Å². The van der Waals surface area contributed by atoms with Crippen LogP contribution in [0.15, 0.2) is 40.1 Å². The minimum atomic E-state index is 0.0409. The summed E-state index contributed by atoms with van der Waals surface area (Å²) in [6.07, 6.45) is 1.63. The molecule has 8 nitrogen and oxygen atoms in total. The number of amides is 1. The van der Waals surface area contributed by atoms with Crippen molar-refractivity contribution in [1.82, 2.24) is 19.7 Å². The summed E-state index contributed by atoms with van der Waals surface area (Å²) in [7, 11) is 1.89. The lowest BCUT2D eigenvalue weighted by atomic mass is 10.2. The van der Waals surface area contributed by atoms with Gasteiger partial charge < -0.3 is 23.4 Å². The van der Waals surface area contributed by atoms with E-state index in [2.05, 4.69) is 10.2 Å². The Morgan fingerprint density at radius 1 is 1.24 bits per heavy atom. The fourth-order valence-corrected chi connectivity index (χ4v) is 3.96. The van der Waals surface area contributed by atoms with Gasteiger partial charge in [0.2, 0.25) is 12.7 Å². The molecule has 29 heavy (non-hydrogen) atoms. The highest BCUT2D eigenvalue weighted by molar-refractivity contribution is 7.99. The third-order valence-corrected chi connectivity index (χ3v) is 5.81. The van der Waals surface area contributed by atoms with Gasteiger partial charge in [0.1, 0.15) is 5.76 Å². The monoisotopic (exact) mass is 414 g/mol. The number of fused-ring (bicyclic) bond motifs is 1. The van der Waals surface area contributed by atoms with Gasteiger partial charge in [-0.15, -0.1) is 10.2 Å². The molecule has 0 saturated heterocycles. The summed E-state index contributed by atoms with van der Waals surface area (Å²) in [6.45, 7) is 5.23. The van der Waals surface area contributed by atoms with E-state index in [9.17, 15) is 4.79 Å². The molecule has 0 fully saturated rings.